The zero-order valence-electron chi connectivity index (χ0n) is 12.1. The summed E-state index contributed by atoms with van der Waals surface area (Å²) >= 11 is 0. The van der Waals surface area contributed by atoms with Gasteiger partial charge in [-0.05, 0) is 49.7 Å². The lowest BCUT2D eigenvalue weighted by molar-refractivity contribution is 0.0954. The van der Waals surface area contributed by atoms with Crippen molar-refractivity contribution >= 4 is 11.6 Å². The van der Waals surface area contributed by atoms with Crippen LogP contribution in [0.4, 0.5) is 0 Å². The Morgan fingerprint density at radius 2 is 2.00 bits per heavy atom. The van der Waals surface area contributed by atoms with Crippen LogP contribution in [0.2, 0.25) is 0 Å². The fourth-order valence-corrected chi connectivity index (χ4v) is 1.80. The van der Waals surface area contributed by atoms with Gasteiger partial charge in [-0.25, -0.2) is 5.43 Å². The number of rotatable bonds is 6. The van der Waals surface area contributed by atoms with E-state index in [1.54, 1.807) is 36.6 Å². The van der Waals surface area contributed by atoms with Crippen LogP contribution in [-0.4, -0.2) is 18.2 Å². The molecule has 5 heteroatoms. The second-order valence-corrected chi connectivity index (χ2v) is 4.29. The van der Waals surface area contributed by atoms with Crippen molar-refractivity contribution < 1.29 is 13.9 Å². The van der Waals surface area contributed by atoms with Crippen molar-refractivity contribution in [3.05, 3.63) is 54.0 Å². The van der Waals surface area contributed by atoms with Crippen molar-refractivity contribution in [2.24, 2.45) is 5.10 Å². The molecule has 0 saturated heterocycles. The van der Waals surface area contributed by atoms with E-state index in [0.29, 0.717) is 30.1 Å². The van der Waals surface area contributed by atoms with Gasteiger partial charge < -0.3 is 9.15 Å². The first-order valence-corrected chi connectivity index (χ1v) is 6.88. The van der Waals surface area contributed by atoms with Crippen molar-refractivity contribution in [1.29, 1.82) is 0 Å². The molecule has 1 heterocycles. The second-order valence-electron chi connectivity index (χ2n) is 4.29. The Morgan fingerprint density at radius 3 is 2.57 bits per heavy atom. The van der Waals surface area contributed by atoms with Gasteiger partial charge in [0.2, 0.25) is 0 Å². The normalized spacial score (nSPS) is 11.2. The smallest absolute Gasteiger partial charge is 0.271 e. The van der Waals surface area contributed by atoms with E-state index >= 15 is 0 Å². The standard InChI is InChI=1S/C16H18N2O3/c1-3-14(15-6-5-11-21-15)17-18-16(19)12-7-9-13(10-8-12)20-4-2/h5-11H,3-4H2,1-2H3,(H,18,19)/b17-14+. The summed E-state index contributed by atoms with van der Waals surface area (Å²) < 4.78 is 10.6. The van der Waals surface area contributed by atoms with Crippen LogP contribution >= 0.6 is 0 Å². The van der Waals surface area contributed by atoms with E-state index in [0.717, 1.165) is 5.75 Å². The maximum Gasteiger partial charge on any atom is 0.271 e. The molecule has 0 bridgehead atoms. The summed E-state index contributed by atoms with van der Waals surface area (Å²) in [6.07, 6.45) is 2.24. The molecule has 0 aliphatic heterocycles. The van der Waals surface area contributed by atoms with Gasteiger partial charge in [0.15, 0.2) is 0 Å². The number of furan rings is 1. The zero-order chi connectivity index (χ0) is 15.1. The largest absolute Gasteiger partial charge is 0.494 e. The summed E-state index contributed by atoms with van der Waals surface area (Å²) in [6, 6.07) is 10.5. The van der Waals surface area contributed by atoms with Gasteiger partial charge in [0.05, 0.1) is 12.9 Å². The highest BCUT2D eigenvalue weighted by Gasteiger charge is 2.07. The van der Waals surface area contributed by atoms with Crippen molar-refractivity contribution in [3.63, 3.8) is 0 Å². The van der Waals surface area contributed by atoms with Gasteiger partial charge >= 0.3 is 0 Å². The van der Waals surface area contributed by atoms with Crippen LogP contribution in [0, 0.1) is 0 Å². The molecule has 0 fully saturated rings. The summed E-state index contributed by atoms with van der Waals surface area (Å²) in [5.74, 6) is 1.13. The molecule has 0 radical (unpaired) electrons. The molecule has 0 aliphatic carbocycles. The minimum atomic E-state index is -0.268. The number of nitrogens with one attached hydrogen (secondary N) is 1. The maximum absolute atomic E-state index is 12.0. The molecule has 1 amide bonds. The van der Waals surface area contributed by atoms with E-state index < -0.39 is 0 Å². The first kappa shape index (κ1) is 14.8. The third-order valence-electron chi connectivity index (χ3n) is 2.86. The van der Waals surface area contributed by atoms with Crippen LogP contribution < -0.4 is 10.2 Å². The lowest BCUT2D eigenvalue weighted by Crippen LogP contribution is -2.19. The molecule has 0 atom stereocenters. The lowest BCUT2D eigenvalue weighted by atomic mass is 10.2. The zero-order valence-corrected chi connectivity index (χ0v) is 12.1. The van der Waals surface area contributed by atoms with Gasteiger partial charge in [0.1, 0.15) is 17.2 Å². The van der Waals surface area contributed by atoms with E-state index in [2.05, 4.69) is 10.5 Å². The van der Waals surface area contributed by atoms with Crippen LogP contribution in [0.3, 0.4) is 0 Å². The second kappa shape index (κ2) is 7.28. The molecule has 5 nitrogen and oxygen atoms in total. The summed E-state index contributed by atoms with van der Waals surface area (Å²) in [7, 11) is 0. The molecule has 0 spiro atoms. The van der Waals surface area contributed by atoms with Gasteiger partial charge in [0.25, 0.3) is 5.91 Å². The maximum atomic E-state index is 12.0. The number of nitrogens with zero attached hydrogens (tertiary/aromatic N) is 1. The van der Waals surface area contributed by atoms with Crippen LogP contribution in [0.5, 0.6) is 5.75 Å². The van der Waals surface area contributed by atoms with E-state index in [9.17, 15) is 4.79 Å². The molecule has 0 aliphatic rings. The van der Waals surface area contributed by atoms with Gasteiger partial charge in [0, 0.05) is 5.56 Å². The van der Waals surface area contributed by atoms with Crippen LogP contribution in [0.1, 0.15) is 36.4 Å². The number of hydrogen-bond acceptors (Lipinski definition) is 4. The molecule has 1 aromatic heterocycles. The quantitative estimate of drug-likeness (QED) is 0.655. The lowest BCUT2D eigenvalue weighted by Gasteiger charge is -2.05. The number of carbonyl (C=O) groups excluding carboxylic acids is 1. The van der Waals surface area contributed by atoms with Crippen molar-refractivity contribution in [2.45, 2.75) is 20.3 Å². The Balaban J connectivity index is 2.03. The summed E-state index contributed by atoms with van der Waals surface area (Å²) in [5, 5.41) is 4.11. The molecule has 1 aromatic carbocycles. The molecule has 2 rings (SSSR count). The third-order valence-corrected chi connectivity index (χ3v) is 2.86. The predicted octanol–water partition coefficient (Wildman–Crippen LogP) is 3.22. The van der Waals surface area contributed by atoms with Crippen molar-refractivity contribution in [2.75, 3.05) is 6.61 Å². The molecular formula is C16H18N2O3. The van der Waals surface area contributed by atoms with Crippen molar-refractivity contribution in [3.8, 4) is 5.75 Å². The van der Waals surface area contributed by atoms with Crippen LogP contribution in [-0.2, 0) is 0 Å². The summed E-state index contributed by atoms with van der Waals surface area (Å²) in [5.41, 5.74) is 3.76. The van der Waals surface area contributed by atoms with E-state index in [4.69, 9.17) is 9.15 Å². The minimum Gasteiger partial charge on any atom is -0.494 e. The molecule has 110 valence electrons. The number of benzene rings is 1. The van der Waals surface area contributed by atoms with Crippen molar-refractivity contribution in [1.82, 2.24) is 5.43 Å². The van der Waals surface area contributed by atoms with Gasteiger partial charge in [-0.1, -0.05) is 6.92 Å². The highest BCUT2D eigenvalue weighted by atomic mass is 16.5. The average Bonchev–Trinajstić information content (AvgIpc) is 3.03. The number of hydrogen-bond donors (Lipinski definition) is 1. The fraction of sp³-hybridized carbons (Fsp3) is 0.250. The van der Waals surface area contributed by atoms with E-state index in [1.807, 2.05) is 19.9 Å². The number of amides is 1. The molecular weight excluding hydrogens is 268 g/mol. The first-order valence-electron chi connectivity index (χ1n) is 6.88. The Labute approximate surface area is 123 Å². The predicted molar refractivity (Wildman–Crippen MR) is 80.6 cm³/mol. The topological polar surface area (TPSA) is 63.8 Å². The first-order chi connectivity index (χ1) is 10.2. The van der Waals surface area contributed by atoms with Gasteiger partial charge in [-0.3, -0.25) is 4.79 Å². The fourth-order valence-electron chi connectivity index (χ4n) is 1.80. The summed E-state index contributed by atoms with van der Waals surface area (Å²) in [6.45, 7) is 4.46. The molecule has 0 saturated carbocycles. The molecule has 1 N–H and O–H groups in total. The monoisotopic (exact) mass is 286 g/mol. The summed E-state index contributed by atoms with van der Waals surface area (Å²) in [4.78, 5) is 12.0. The Hall–Kier alpha value is -2.56. The number of hydrazone groups is 1. The van der Waals surface area contributed by atoms with Crippen LogP contribution in [0.15, 0.2) is 52.2 Å². The minimum absolute atomic E-state index is 0.268. The Morgan fingerprint density at radius 1 is 1.24 bits per heavy atom. The van der Waals surface area contributed by atoms with E-state index in [1.165, 1.54) is 0 Å². The van der Waals surface area contributed by atoms with E-state index in [-0.39, 0.29) is 5.91 Å². The average molecular weight is 286 g/mol. The highest BCUT2D eigenvalue weighted by molar-refractivity contribution is 6.00. The van der Waals surface area contributed by atoms with Gasteiger partial charge in [-0.15, -0.1) is 0 Å². The SMILES string of the molecule is CCOc1ccc(C(=O)N/N=C(\CC)c2ccco2)cc1. The van der Waals surface area contributed by atoms with Crippen LogP contribution in [0.25, 0.3) is 0 Å². The number of carbonyl (C=O) groups is 1. The molecule has 0 unspecified atom stereocenters. The van der Waals surface area contributed by atoms with Gasteiger partial charge in [-0.2, -0.15) is 5.10 Å². The Bertz CT molecular complexity index is 601. The molecule has 21 heavy (non-hydrogen) atoms. The highest BCUT2D eigenvalue weighted by Crippen LogP contribution is 2.12. The molecule has 2 aromatic rings. The Kier molecular flexibility index (Phi) is 5.15. The number of ether oxygens (including phenoxy) is 1. The third kappa shape index (κ3) is 3.95.